The Bertz CT molecular complexity index is 623. The molecule has 1 atom stereocenters. The van der Waals surface area contributed by atoms with Gasteiger partial charge >= 0.3 is 11.9 Å². The van der Waals surface area contributed by atoms with Gasteiger partial charge in [-0.1, -0.05) is 6.08 Å². The summed E-state index contributed by atoms with van der Waals surface area (Å²) < 4.78 is 15.0. The van der Waals surface area contributed by atoms with E-state index in [1.807, 2.05) is 0 Å². The van der Waals surface area contributed by atoms with Crippen LogP contribution in [0.1, 0.15) is 25.3 Å². The molecule has 1 aromatic carbocycles. The number of ether oxygens (including phenoxy) is 3. The Morgan fingerprint density at radius 1 is 1.16 bits per heavy atom. The average Bonchev–Trinajstić information content (AvgIpc) is 2.50. The number of carboxylic acid groups (broad SMARTS) is 1. The summed E-state index contributed by atoms with van der Waals surface area (Å²) in [6, 6.07) is 3.15. The number of methoxy groups -OCH3 is 2. The molecule has 25 heavy (non-hydrogen) atoms. The number of aromatic hydroxyl groups is 1. The van der Waals surface area contributed by atoms with Crippen LogP contribution in [0.3, 0.4) is 0 Å². The second kappa shape index (κ2) is 8.93. The number of aliphatic carboxylic acids is 1. The third-order valence-corrected chi connectivity index (χ3v) is 3.21. The fourth-order valence-corrected chi connectivity index (χ4v) is 2.09. The van der Waals surface area contributed by atoms with Gasteiger partial charge in [0, 0.05) is 0 Å². The molecule has 0 spiro atoms. The summed E-state index contributed by atoms with van der Waals surface area (Å²) in [5.74, 6) is -1.56. The van der Waals surface area contributed by atoms with E-state index >= 15 is 0 Å². The lowest BCUT2D eigenvalue weighted by molar-refractivity contribution is -0.150. The smallest absolute Gasteiger partial charge is 0.309 e. The predicted octanol–water partition coefficient (Wildman–Crippen LogP) is 1.58. The maximum atomic E-state index is 11.6. The first-order valence-electron chi connectivity index (χ1n) is 7.40. The second-order valence-corrected chi connectivity index (χ2v) is 5.60. The van der Waals surface area contributed by atoms with E-state index in [0.717, 1.165) is 0 Å². The summed E-state index contributed by atoms with van der Waals surface area (Å²) in [5.41, 5.74) is -1.01. The highest BCUT2D eigenvalue weighted by atomic mass is 16.5. The van der Waals surface area contributed by atoms with Crippen LogP contribution in [0.2, 0.25) is 0 Å². The number of hydrogen-bond acceptors (Lipinski definition) is 7. The minimum atomic E-state index is -1.66. The highest BCUT2D eigenvalue weighted by Crippen LogP contribution is 2.37. The molecule has 0 radical (unpaired) electrons. The van der Waals surface area contributed by atoms with Gasteiger partial charge in [-0.05, 0) is 30.7 Å². The predicted molar refractivity (Wildman–Crippen MR) is 88.7 cm³/mol. The molecular weight excluding hydrogens is 332 g/mol. The summed E-state index contributed by atoms with van der Waals surface area (Å²) in [6.45, 7) is 1.20. The number of carbonyl (C=O) groups excluding carboxylic acids is 1. The Hall–Kier alpha value is -2.74. The number of carboxylic acids is 1. The van der Waals surface area contributed by atoms with Crippen molar-refractivity contribution < 1.29 is 39.1 Å². The molecule has 0 unspecified atom stereocenters. The number of benzene rings is 1. The van der Waals surface area contributed by atoms with Gasteiger partial charge in [-0.15, -0.1) is 0 Å². The minimum Gasteiger partial charge on any atom is -0.502 e. The van der Waals surface area contributed by atoms with E-state index in [1.54, 1.807) is 24.3 Å². The van der Waals surface area contributed by atoms with E-state index in [9.17, 15) is 19.8 Å². The molecule has 0 aliphatic rings. The molecule has 1 aromatic rings. The molecule has 8 nitrogen and oxygen atoms in total. The third kappa shape index (κ3) is 6.72. The zero-order chi connectivity index (χ0) is 19.0. The normalized spacial score (nSPS) is 13.3. The molecule has 0 aliphatic heterocycles. The van der Waals surface area contributed by atoms with E-state index in [-0.39, 0.29) is 23.9 Å². The number of rotatable bonds is 9. The van der Waals surface area contributed by atoms with Crippen LogP contribution in [-0.2, 0) is 14.3 Å². The van der Waals surface area contributed by atoms with Crippen molar-refractivity contribution in [3.05, 3.63) is 23.8 Å². The van der Waals surface area contributed by atoms with Crippen molar-refractivity contribution >= 4 is 18.0 Å². The number of aliphatic hydroxyl groups is 1. The van der Waals surface area contributed by atoms with Crippen LogP contribution in [0.4, 0.5) is 0 Å². The number of phenols is 1. The maximum absolute atomic E-state index is 11.6. The first kappa shape index (κ1) is 20.3. The quantitative estimate of drug-likeness (QED) is 0.571. The molecule has 0 bridgehead atoms. The first-order valence-corrected chi connectivity index (χ1v) is 7.40. The standard InChI is InChI=1S/C17H22O8/c1-17(22,9-14(18)19)10-15(20)25-6-4-5-11-7-12(23-2)16(21)13(8-11)24-3/h4-5,7-8,21-22H,6,9-10H2,1-3H3,(H,18,19)/b5-4-/t17-/m1/s1. The highest BCUT2D eigenvalue weighted by Gasteiger charge is 2.28. The largest absolute Gasteiger partial charge is 0.502 e. The van der Waals surface area contributed by atoms with Crippen molar-refractivity contribution in [3.8, 4) is 17.2 Å². The summed E-state index contributed by atoms with van der Waals surface area (Å²) in [5, 5.41) is 28.2. The molecular formula is C17H22O8. The lowest BCUT2D eigenvalue weighted by atomic mass is 9.98. The van der Waals surface area contributed by atoms with E-state index in [1.165, 1.54) is 21.1 Å². The van der Waals surface area contributed by atoms with Gasteiger partial charge in [0.2, 0.25) is 5.75 Å². The molecule has 1 rings (SSSR count). The SMILES string of the molecule is COc1cc(/C=C\COC(=O)C[C@](C)(O)CC(=O)O)cc(OC)c1O. The van der Waals surface area contributed by atoms with Gasteiger partial charge in [0.05, 0.1) is 32.7 Å². The molecule has 8 heteroatoms. The monoisotopic (exact) mass is 354 g/mol. The summed E-state index contributed by atoms with van der Waals surface area (Å²) >= 11 is 0. The summed E-state index contributed by atoms with van der Waals surface area (Å²) in [6.07, 6.45) is 2.21. The fourth-order valence-electron chi connectivity index (χ4n) is 2.09. The van der Waals surface area contributed by atoms with Gasteiger partial charge in [0.25, 0.3) is 0 Å². The lowest BCUT2D eigenvalue weighted by Crippen LogP contribution is -2.31. The number of phenolic OH excluding ortho intramolecular Hbond substituents is 1. The van der Waals surface area contributed by atoms with Crippen LogP contribution in [0, 0.1) is 0 Å². The fraction of sp³-hybridized carbons (Fsp3) is 0.412. The Kier molecular flexibility index (Phi) is 7.25. The van der Waals surface area contributed by atoms with Gasteiger partial charge < -0.3 is 29.5 Å². The number of hydrogen-bond donors (Lipinski definition) is 3. The number of carbonyl (C=O) groups is 2. The molecule has 0 saturated heterocycles. The van der Waals surface area contributed by atoms with Crippen molar-refractivity contribution in [3.63, 3.8) is 0 Å². The van der Waals surface area contributed by atoms with Crippen LogP contribution < -0.4 is 9.47 Å². The minimum absolute atomic E-state index is 0.0620. The van der Waals surface area contributed by atoms with Crippen molar-refractivity contribution in [1.82, 2.24) is 0 Å². The van der Waals surface area contributed by atoms with E-state index in [2.05, 4.69) is 0 Å². The molecule has 0 aliphatic carbocycles. The van der Waals surface area contributed by atoms with Gasteiger partial charge in [-0.2, -0.15) is 0 Å². The first-order chi connectivity index (χ1) is 11.7. The van der Waals surface area contributed by atoms with Crippen molar-refractivity contribution in [2.24, 2.45) is 0 Å². The van der Waals surface area contributed by atoms with Crippen molar-refractivity contribution in [2.75, 3.05) is 20.8 Å². The van der Waals surface area contributed by atoms with E-state index in [4.69, 9.17) is 19.3 Å². The molecule has 0 fully saturated rings. The molecule has 0 heterocycles. The Morgan fingerprint density at radius 3 is 2.20 bits per heavy atom. The van der Waals surface area contributed by atoms with Gasteiger partial charge in [-0.3, -0.25) is 9.59 Å². The zero-order valence-corrected chi connectivity index (χ0v) is 14.3. The van der Waals surface area contributed by atoms with Crippen LogP contribution in [-0.4, -0.2) is 53.7 Å². The van der Waals surface area contributed by atoms with Crippen LogP contribution in [0.25, 0.3) is 6.08 Å². The summed E-state index contributed by atoms with van der Waals surface area (Å²) in [4.78, 5) is 22.2. The van der Waals surface area contributed by atoms with E-state index in [0.29, 0.717) is 5.56 Å². The van der Waals surface area contributed by atoms with Crippen LogP contribution in [0.5, 0.6) is 17.2 Å². The molecule has 3 N–H and O–H groups in total. The Labute approximate surface area is 145 Å². The third-order valence-electron chi connectivity index (χ3n) is 3.21. The number of esters is 1. The topological polar surface area (TPSA) is 123 Å². The molecule has 0 amide bonds. The lowest BCUT2D eigenvalue weighted by Gasteiger charge is -2.19. The van der Waals surface area contributed by atoms with Gasteiger partial charge in [-0.25, -0.2) is 0 Å². The van der Waals surface area contributed by atoms with Gasteiger partial charge in [0.15, 0.2) is 11.5 Å². The van der Waals surface area contributed by atoms with Crippen molar-refractivity contribution in [2.45, 2.75) is 25.4 Å². The van der Waals surface area contributed by atoms with Crippen LogP contribution >= 0.6 is 0 Å². The van der Waals surface area contributed by atoms with Crippen LogP contribution in [0.15, 0.2) is 18.2 Å². The summed E-state index contributed by atoms with van der Waals surface area (Å²) in [7, 11) is 2.82. The second-order valence-electron chi connectivity index (χ2n) is 5.60. The highest BCUT2D eigenvalue weighted by molar-refractivity contribution is 5.74. The Balaban J connectivity index is 2.61. The van der Waals surface area contributed by atoms with Crippen molar-refractivity contribution in [1.29, 1.82) is 0 Å². The average molecular weight is 354 g/mol. The zero-order valence-electron chi connectivity index (χ0n) is 14.3. The molecule has 0 saturated carbocycles. The molecule has 0 aromatic heterocycles. The maximum Gasteiger partial charge on any atom is 0.309 e. The van der Waals surface area contributed by atoms with E-state index < -0.39 is 30.4 Å². The Morgan fingerprint density at radius 2 is 1.72 bits per heavy atom. The van der Waals surface area contributed by atoms with Gasteiger partial charge in [0.1, 0.15) is 6.61 Å². The molecule has 138 valence electrons.